The van der Waals surface area contributed by atoms with E-state index in [2.05, 4.69) is 4.90 Å². The van der Waals surface area contributed by atoms with Gasteiger partial charge in [0.1, 0.15) is 6.61 Å². The molecule has 0 N–H and O–H groups in total. The summed E-state index contributed by atoms with van der Waals surface area (Å²) in [5.41, 5.74) is 5.02. The molecule has 6 rings (SSSR count). The SMILES string of the molecule is O=C(OCc1ccccc1)N1CCC2(OCCO2)C2=C1CN(C(c1ccc(Cl)cc1)c1ccc(Cl)cc1)C2. The zero-order valence-corrected chi connectivity index (χ0v) is 22.3. The fourth-order valence-electron chi connectivity index (χ4n) is 5.63. The number of halogens is 2. The van der Waals surface area contributed by atoms with Crippen LogP contribution in [-0.4, -0.2) is 54.5 Å². The van der Waals surface area contributed by atoms with Gasteiger partial charge in [0.25, 0.3) is 0 Å². The van der Waals surface area contributed by atoms with Crippen molar-refractivity contribution in [2.75, 3.05) is 32.8 Å². The zero-order chi connectivity index (χ0) is 26.1. The Morgan fingerprint density at radius 3 is 2.08 bits per heavy atom. The first kappa shape index (κ1) is 25.4. The standard InChI is InChI=1S/C30H28Cl2N2O4/c31-24-10-6-22(7-11-24)28(23-8-12-25(32)13-9-23)33-18-26-27(19-33)34(15-14-30(26)37-16-17-38-30)29(35)36-20-21-4-2-1-3-5-21/h1-13,28H,14-20H2. The lowest BCUT2D eigenvalue weighted by Gasteiger charge is -2.38. The summed E-state index contributed by atoms with van der Waals surface area (Å²) in [7, 11) is 0. The topological polar surface area (TPSA) is 51.2 Å². The van der Waals surface area contributed by atoms with Gasteiger partial charge in [-0.05, 0) is 41.0 Å². The van der Waals surface area contributed by atoms with Crippen molar-refractivity contribution >= 4 is 29.3 Å². The molecule has 3 aliphatic heterocycles. The van der Waals surface area contributed by atoms with E-state index in [1.807, 2.05) is 78.9 Å². The first-order valence-corrected chi connectivity index (χ1v) is 13.5. The summed E-state index contributed by atoms with van der Waals surface area (Å²) in [6.07, 6.45) is 0.206. The van der Waals surface area contributed by atoms with Gasteiger partial charge in [0, 0.05) is 47.4 Å². The summed E-state index contributed by atoms with van der Waals surface area (Å²) >= 11 is 12.4. The Bertz CT molecular complexity index is 1280. The molecule has 3 aromatic carbocycles. The third-order valence-corrected chi connectivity index (χ3v) is 7.93. The van der Waals surface area contributed by atoms with Gasteiger partial charge in [-0.3, -0.25) is 9.80 Å². The van der Waals surface area contributed by atoms with E-state index in [1.54, 1.807) is 4.90 Å². The van der Waals surface area contributed by atoms with Gasteiger partial charge >= 0.3 is 6.09 Å². The predicted octanol–water partition coefficient (Wildman–Crippen LogP) is 6.44. The Morgan fingerprint density at radius 2 is 1.47 bits per heavy atom. The molecule has 0 bridgehead atoms. The maximum Gasteiger partial charge on any atom is 0.414 e. The van der Waals surface area contributed by atoms with E-state index in [9.17, 15) is 4.79 Å². The molecule has 0 atom stereocenters. The molecule has 0 saturated carbocycles. The molecular weight excluding hydrogens is 523 g/mol. The van der Waals surface area contributed by atoms with E-state index < -0.39 is 5.79 Å². The van der Waals surface area contributed by atoms with Gasteiger partial charge in [-0.25, -0.2) is 4.79 Å². The van der Waals surface area contributed by atoms with Gasteiger partial charge in [-0.2, -0.15) is 0 Å². The van der Waals surface area contributed by atoms with Gasteiger partial charge in [0.2, 0.25) is 0 Å². The van der Waals surface area contributed by atoms with Crippen LogP contribution in [0.1, 0.15) is 29.2 Å². The molecule has 0 unspecified atom stereocenters. The average molecular weight is 551 g/mol. The number of benzene rings is 3. The minimum Gasteiger partial charge on any atom is -0.444 e. The molecule has 1 spiro atoms. The van der Waals surface area contributed by atoms with Crippen LogP contribution in [0.2, 0.25) is 10.0 Å². The Labute approximate surface area is 232 Å². The predicted molar refractivity (Wildman–Crippen MR) is 146 cm³/mol. The third-order valence-electron chi connectivity index (χ3n) is 7.43. The van der Waals surface area contributed by atoms with Crippen molar-refractivity contribution in [2.45, 2.75) is 24.9 Å². The molecule has 0 aliphatic carbocycles. The van der Waals surface area contributed by atoms with Crippen LogP contribution >= 0.6 is 23.2 Å². The first-order valence-electron chi connectivity index (χ1n) is 12.8. The normalized spacial score (nSPS) is 18.9. The minimum atomic E-state index is -0.801. The van der Waals surface area contributed by atoms with Crippen molar-refractivity contribution in [3.8, 4) is 0 Å². The van der Waals surface area contributed by atoms with Crippen LogP contribution in [-0.2, 0) is 20.8 Å². The van der Waals surface area contributed by atoms with E-state index in [0.29, 0.717) is 49.3 Å². The quantitative estimate of drug-likeness (QED) is 0.366. The minimum absolute atomic E-state index is 0.0872. The lowest BCUT2D eigenvalue weighted by Crippen LogP contribution is -2.46. The number of hydrogen-bond acceptors (Lipinski definition) is 5. The van der Waals surface area contributed by atoms with Crippen molar-refractivity contribution < 1.29 is 19.0 Å². The number of ether oxygens (including phenoxy) is 3. The fraction of sp³-hybridized carbons (Fsp3) is 0.300. The highest BCUT2D eigenvalue weighted by atomic mass is 35.5. The molecule has 1 fully saturated rings. The molecule has 0 aromatic heterocycles. The van der Waals surface area contributed by atoms with Gasteiger partial charge < -0.3 is 14.2 Å². The summed E-state index contributed by atoms with van der Waals surface area (Å²) in [6, 6.07) is 25.4. The van der Waals surface area contributed by atoms with E-state index in [-0.39, 0.29) is 18.7 Å². The van der Waals surface area contributed by atoms with Crippen LogP contribution in [0, 0.1) is 0 Å². The van der Waals surface area contributed by atoms with Crippen LogP contribution in [0.3, 0.4) is 0 Å². The maximum absolute atomic E-state index is 13.3. The zero-order valence-electron chi connectivity index (χ0n) is 20.8. The molecule has 8 heteroatoms. The van der Waals surface area contributed by atoms with Crippen LogP contribution in [0.5, 0.6) is 0 Å². The molecule has 38 heavy (non-hydrogen) atoms. The number of carbonyl (C=O) groups is 1. The third kappa shape index (κ3) is 4.95. The second-order valence-corrected chi connectivity index (χ2v) is 10.6. The van der Waals surface area contributed by atoms with E-state index in [1.165, 1.54) is 0 Å². The van der Waals surface area contributed by atoms with E-state index >= 15 is 0 Å². The first-order chi connectivity index (χ1) is 18.5. The summed E-state index contributed by atoms with van der Waals surface area (Å²) in [5, 5.41) is 1.36. The van der Waals surface area contributed by atoms with Crippen molar-refractivity contribution in [1.82, 2.24) is 9.80 Å². The maximum atomic E-state index is 13.3. The van der Waals surface area contributed by atoms with Crippen LogP contribution < -0.4 is 0 Å². The number of carbonyl (C=O) groups excluding carboxylic acids is 1. The summed E-state index contributed by atoms with van der Waals surface area (Å²) in [6.45, 7) is 2.89. The highest BCUT2D eigenvalue weighted by Gasteiger charge is 2.51. The number of nitrogens with zero attached hydrogens (tertiary/aromatic N) is 2. The van der Waals surface area contributed by atoms with Crippen LogP contribution in [0.4, 0.5) is 4.79 Å². The van der Waals surface area contributed by atoms with Gasteiger partial charge in [0.05, 0.1) is 19.3 Å². The monoisotopic (exact) mass is 550 g/mol. The second kappa shape index (κ2) is 10.7. The molecule has 196 valence electrons. The van der Waals surface area contributed by atoms with Crippen molar-refractivity contribution in [1.29, 1.82) is 0 Å². The molecule has 3 heterocycles. The Balaban J connectivity index is 1.32. The van der Waals surface area contributed by atoms with Crippen LogP contribution in [0.25, 0.3) is 0 Å². The van der Waals surface area contributed by atoms with Crippen LogP contribution in [0.15, 0.2) is 90.1 Å². The molecule has 6 nitrogen and oxygen atoms in total. The Hall–Kier alpha value is -2.87. The highest BCUT2D eigenvalue weighted by molar-refractivity contribution is 6.30. The summed E-state index contributed by atoms with van der Waals surface area (Å²) < 4.78 is 18.1. The van der Waals surface area contributed by atoms with Crippen molar-refractivity contribution in [3.63, 3.8) is 0 Å². The Morgan fingerprint density at radius 1 is 0.868 bits per heavy atom. The lowest BCUT2D eigenvalue weighted by molar-refractivity contribution is -0.140. The number of amides is 1. The molecule has 0 radical (unpaired) electrons. The number of rotatable bonds is 5. The molecule has 3 aromatic rings. The lowest BCUT2D eigenvalue weighted by atomic mass is 9.96. The molecule has 3 aliphatic rings. The van der Waals surface area contributed by atoms with E-state index in [4.69, 9.17) is 37.4 Å². The van der Waals surface area contributed by atoms with Crippen molar-refractivity contribution in [2.24, 2.45) is 0 Å². The summed E-state index contributed by atoms with van der Waals surface area (Å²) in [5.74, 6) is -0.801. The molecular formula is C30H28Cl2N2O4. The smallest absolute Gasteiger partial charge is 0.414 e. The number of hydrogen-bond donors (Lipinski definition) is 0. The van der Waals surface area contributed by atoms with Crippen molar-refractivity contribution in [3.05, 3.63) is 117 Å². The fourth-order valence-corrected chi connectivity index (χ4v) is 5.88. The van der Waals surface area contributed by atoms with E-state index in [0.717, 1.165) is 28.0 Å². The largest absolute Gasteiger partial charge is 0.444 e. The summed E-state index contributed by atoms with van der Waals surface area (Å²) in [4.78, 5) is 17.4. The molecule has 1 amide bonds. The number of fused-ring (bicyclic) bond motifs is 1. The molecule has 1 saturated heterocycles. The van der Waals surface area contributed by atoms with Gasteiger partial charge in [0.15, 0.2) is 5.79 Å². The second-order valence-electron chi connectivity index (χ2n) is 9.73. The average Bonchev–Trinajstić information content (AvgIpc) is 3.59. The van der Waals surface area contributed by atoms with Gasteiger partial charge in [-0.1, -0.05) is 77.8 Å². The highest BCUT2D eigenvalue weighted by Crippen LogP contribution is 2.45. The van der Waals surface area contributed by atoms with Gasteiger partial charge in [-0.15, -0.1) is 0 Å². The Kier molecular flexibility index (Phi) is 7.16.